The molecule has 2 N–H and O–H groups in total. The van der Waals surface area contributed by atoms with Crippen molar-refractivity contribution < 1.29 is 23.8 Å². The van der Waals surface area contributed by atoms with E-state index in [4.69, 9.17) is 14.2 Å². The van der Waals surface area contributed by atoms with Gasteiger partial charge >= 0.3 is 11.9 Å². The Bertz CT molecular complexity index is 1160. The summed E-state index contributed by atoms with van der Waals surface area (Å²) in [6.45, 7) is 0.307. The number of esters is 2. The van der Waals surface area contributed by atoms with Crippen LogP contribution in [0.25, 0.3) is 10.9 Å². The number of carbonyl (C=O) groups is 2. The van der Waals surface area contributed by atoms with E-state index in [1.54, 1.807) is 0 Å². The molecule has 7 heteroatoms. The van der Waals surface area contributed by atoms with Gasteiger partial charge in [0.15, 0.2) is 0 Å². The number of ether oxygens (including phenoxy) is 3. The Kier molecular flexibility index (Phi) is 4.70. The summed E-state index contributed by atoms with van der Waals surface area (Å²) in [5, 5.41) is 4.51. The molecule has 0 bridgehead atoms. The van der Waals surface area contributed by atoms with E-state index in [-0.39, 0.29) is 18.4 Å². The summed E-state index contributed by atoms with van der Waals surface area (Å²) >= 11 is 0. The van der Waals surface area contributed by atoms with Crippen LogP contribution in [0.2, 0.25) is 0 Å². The van der Waals surface area contributed by atoms with Gasteiger partial charge in [-0.15, -0.1) is 0 Å². The van der Waals surface area contributed by atoms with Gasteiger partial charge in [0.2, 0.25) is 0 Å². The summed E-state index contributed by atoms with van der Waals surface area (Å²) in [4.78, 5) is 29.7. The van der Waals surface area contributed by atoms with E-state index in [9.17, 15) is 9.59 Å². The second-order valence-electron chi connectivity index (χ2n) is 8.13. The van der Waals surface area contributed by atoms with Crippen LogP contribution in [-0.2, 0) is 25.5 Å². The van der Waals surface area contributed by atoms with Gasteiger partial charge in [-0.3, -0.25) is 14.9 Å². The molecule has 1 aromatic heterocycles. The Morgan fingerprint density at radius 1 is 1.10 bits per heavy atom. The zero-order chi connectivity index (χ0) is 21.6. The van der Waals surface area contributed by atoms with E-state index in [2.05, 4.69) is 10.3 Å². The molecule has 1 saturated heterocycles. The van der Waals surface area contributed by atoms with Crippen LogP contribution in [0.5, 0.6) is 5.75 Å². The highest BCUT2D eigenvalue weighted by molar-refractivity contribution is 5.92. The largest absolute Gasteiger partial charge is 0.493 e. The third-order valence-corrected chi connectivity index (χ3v) is 6.63. The first kappa shape index (κ1) is 19.6. The molecule has 4 atom stereocenters. The number of aromatic amines is 1. The van der Waals surface area contributed by atoms with Gasteiger partial charge in [0, 0.05) is 41.0 Å². The van der Waals surface area contributed by atoms with Gasteiger partial charge in [-0.05, 0) is 17.7 Å². The first-order valence-corrected chi connectivity index (χ1v) is 10.3. The molecule has 160 valence electrons. The van der Waals surface area contributed by atoms with Crippen molar-refractivity contribution in [1.29, 1.82) is 0 Å². The summed E-state index contributed by atoms with van der Waals surface area (Å²) < 4.78 is 16.4. The molecule has 0 amide bonds. The maximum Gasteiger partial charge on any atom is 0.327 e. The predicted molar refractivity (Wildman–Crippen MR) is 114 cm³/mol. The minimum absolute atomic E-state index is 0.238. The lowest BCUT2D eigenvalue weighted by Crippen LogP contribution is -2.57. The molecule has 0 aliphatic carbocycles. The van der Waals surface area contributed by atoms with E-state index < -0.39 is 23.4 Å². The van der Waals surface area contributed by atoms with Gasteiger partial charge in [0.25, 0.3) is 0 Å². The normalized spacial score (nSPS) is 26.6. The number of aromatic nitrogens is 1. The predicted octanol–water partition coefficient (Wildman–Crippen LogP) is 2.76. The monoisotopic (exact) mass is 420 g/mol. The maximum absolute atomic E-state index is 13.3. The van der Waals surface area contributed by atoms with Crippen LogP contribution in [0.15, 0.2) is 54.7 Å². The molecule has 7 nitrogen and oxygen atoms in total. The van der Waals surface area contributed by atoms with E-state index in [1.165, 1.54) is 14.2 Å². The minimum atomic E-state index is -1.29. The molecule has 2 aliphatic heterocycles. The van der Waals surface area contributed by atoms with E-state index in [0.29, 0.717) is 6.61 Å². The summed E-state index contributed by atoms with van der Waals surface area (Å²) in [5.41, 5.74) is 1.53. The molecule has 1 fully saturated rings. The minimum Gasteiger partial charge on any atom is -0.493 e. The molecule has 0 radical (unpaired) electrons. The first-order valence-electron chi connectivity index (χ1n) is 10.3. The van der Waals surface area contributed by atoms with Crippen molar-refractivity contribution in [3.8, 4) is 5.75 Å². The Morgan fingerprint density at radius 2 is 1.87 bits per heavy atom. The highest BCUT2D eigenvalue weighted by Gasteiger charge is 2.63. The lowest BCUT2D eigenvalue weighted by Gasteiger charge is -2.32. The van der Waals surface area contributed by atoms with Crippen LogP contribution in [0.4, 0.5) is 0 Å². The quantitative estimate of drug-likeness (QED) is 0.631. The van der Waals surface area contributed by atoms with Crippen molar-refractivity contribution in [3.63, 3.8) is 0 Å². The summed E-state index contributed by atoms with van der Waals surface area (Å²) in [6.07, 6.45) is 2.16. The van der Waals surface area contributed by atoms with E-state index in [1.807, 2.05) is 54.7 Å². The van der Waals surface area contributed by atoms with Gasteiger partial charge in [0.05, 0.1) is 26.7 Å². The Hall–Kier alpha value is -3.32. The van der Waals surface area contributed by atoms with Crippen molar-refractivity contribution in [3.05, 3.63) is 65.9 Å². The summed E-state index contributed by atoms with van der Waals surface area (Å²) in [6, 6.07) is 15.3. The van der Waals surface area contributed by atoms with Crippen LogP contribution < -0.4 is 10.1 Å². The Morgan fingerprint density at radius 3 is 2.68 bits per heavy atom. The molecule has 0 unspecified atom stereocenters. The van der Waals surface area contributed by atoms with Crippen molar-refractivity contribution in [2.45, 2.75) is 18.0 Å². The van der Waals surface area contributed by atoms with Gasteiger partial charge in [-0.25, -0.2) is 0 Å². The third kappa shape index (κ3) is 2.91. The second kappa shape index (κ2) is 7.42. The lowest BCUT2D eigenvalue weighted by molar-refractivity contribution is -0.160. The molecular weight excluding hydrogens is 396 g/mol. The maximum atomic E-state index is 13.3. The van der Waals surface area contributed by atoms with E-state index in [0.717, 1.165) is 27.8 Å². The fourth-order valence-electron chi connectivity index (χ4n) is 5.27. The van der Waals surface area contributed by atoms with Crippen molar-refractivity contribution in [2.75, 3.05) is 20.8 Å². The number of hydrogen-bond acceptors (Lipinski definition) is 6. The van der Waals surface area contributed by atoms with Crippen LogP contribution >= 0.6 is 0 Å². The molecule has 2 aliphatic rings. The fourth-order valence-corrected chi connectivity index (χ4v) is 5.27. The molecule has 0 saturated carbocycles. The molecule has 3 aromatic rings. The van der Waals surface area contributed by atoms with Crippen molar-refractivity contribution in [2.24, 2.45) is 11.8 Å². The molecule has 5 rings (SSSR count). The average Bonchev–Trinajstić information content (AvgIpc) is 3.37. The zero-order valence-corrected chi connectivity index (χ0v) is 17.4. The number of benzene rings is 2. The number of H-pyrrole nitrogens is 1. The van der Waals surface area contributed by atoms with Crippen molar-refractivity contribution >= 4 is 22.8 Å². The van der Waals surface area contributed by atoms with Crippen LogP contribution in [0, 0.1) is 11.8 Å². The molecule has 3 heterocycles. The van der Waals surface area contributed by atoms with Crippen LogP contribution in [0.3, 0.4) is 0 Å². The van der Waals surface area contributed by atoms with Gasteiger partial charge in [-0.1, -0.05) is 36.4 Å². The molecule has 31 heavy (non-hydrogen) atoms. The molecule has 0 spiro atoms. The summed E-state index contributed by atoms with van der Waals surface area (Å²) in [5.74, 6) is -1.22. The van der Waals surface area contributed by atoms with Crippen LogP contribution in [0.1, 0.15) is 17.2 Å². The standard InChI is InChI=1S/C24H24N2O5/c1-29-22(27)20-17-13-31-19-10-6-4-8-16(19)21(17)26-24(20,23(28)30-2)11-14-12-25-18-9-5-3-7-15(14)18/h3-10,12,17,20-21,25-26H,11,13H2,1-2H3/t17-,20+,21+,24+/m1/s1. The number of fused-ring (bicyclic) bond motifs is 4. The fraction of sp³-hybridized carbons (Fsp3) is 0.333. The Balaban J connectivity index is 1.65. The SMILES string of the molecule is COC(=O)[C@@H]1[C@H]2COc3ccccc3[C@@H]2N[C@]1(Cc1c[nH]c2ccccc12)C(=O)OC. The lowest BCUT2D eigenvalue weighted by atomic mass is 9.74. The van der Waals surface area contributed by atoms with Gasteiger partial charge in [-0.2, -0.15) is 0 Å². The van der Waals surface area contributed by atoms with Gasteiger partial charge < -0.3 is 19.2 Å². The number of rotatable bonds is 4. The van der Waals surface area contributed by atoms with E-state index >= 15 is 0 Å². The smallest absolute Gasteiger partial charge is 0.327 e. The number of hydrogen-bond donors (Lipinski definition) is 2. The number of methoxy groups -OCH3 is 2. The molecule has 2 aromatic carbocycles. The average molecular weight is 420 g/mol. The van der Waals surface area contributed by atoms with Gasteiger partial charge in [0.1, 0.15) is 11.3 Å². The number of para-hydroxylation sites is 2. The highest BCUT2D eigenvalue weighted by Crippen LogP contribution is 2.50. The first-order chi connectivity index (χ1) is 15.1. The highest BCUT2D eigenvalue weighted by atomic mass is 16.5. The number of carbonyl (C=O) groups excluding carboxylic acids is 2. The molecular formula is C24H24N2O5. The number of nitrogens with one attached hydrogen (secondary N) is 2. The van der Waals surface area contributed by atoms with Crippen LogP contribution in [-0.4, -0.2) is 43.3 Å². The summed E-state index contributed by atoms with van der Waals surface area (Å²) in [7, 11) is 2.70. The van der Waals surface area contributed by atoms with Crippen molar-refractivity contribution in [1.82, 2.24) is 10.3 Å². The Labute approximate surface area is 179 Å². The second-order valence-corrected chi connectivity index (χ2v) is 8.13. The topological polar surface area (TPSA) is 89.7 Å². The zero-order valence-electron chi connectivity index (χ0n) is 17.4. The third-order valence-electron chi connectivity index (χ3n) is 6.63.